The smallest absolute Gasteiger partial charge is 0.371 e. The van der Waals surface area contributed by atoms with Crippen LogP contribution in [0.5, 0.6) is 5.75 Å². The Morgan fingerprint density at radius 3 is 2.39 bits per heavy atom. The number of carboxylic acids is 1. The molecule has 0 unspecified atom stereocenters. The highest BCUT2D eigenvalue weighted by Crippen LogP contribution is 2.46. The van der Waals surface area contributed by atoms with E-state index in [2.05, 4.69) is 55.2 Å². The van der Waals surface area contributed by atoms with Crippen molar-refractivity contribution in [2.45, 2.75) is 58.3 Å². The number of para-hydroxylation sites is 1. The van der Waals surface area contributed by atoms with Crippen molar-refractivity contribution in [1.29, 1.82) is 0 Å². The number of phenols is 1. The maximum Gasteiger partial charge on any atom is 0.371 e. The zero-order valence-electron chi connectivity index (χ0n) is 22.0. The van der Waals surface area contributed by atoms with E-state index in [0.717, 1.165) is 18.5 Å². The molecule has 2 aromatic heterocycles. The lowest BCUT2D eigenvalue weighted by atomic mass is 9.63. The number of fused-ring (bicyclic) bond motifs is 1. The molecule has 0 saturated carbocycles. The van der Waals surface area contributed by atoms with Gasteiger partial charge in [0, 0.05) is 0 Å². The molecule has 9 nitrogen and oxygen atoms in total. The SMILES string of the molecule is Cc1[nH]n(-c2ccc3c(c2)C(C)(C)CCC3(C)C)c(=O)c1N=Nc1cccc(-c2ccc(C(=O)O)o2)c1O. The molecule has 0 radical (unpaired) electrons. The number of azo groups is 1. The largest absolute Gasteiger partial charge is 0.505 e. The third-order valence-electron chi connectivity index (χ3n) is 7.49. The summed E-state index contributed by atoms with van der Waals surface area (Å²) in [5, 5.41) is 31.2. The van der Waals surface area contributed by atoms with Crippen LogP contribution in [0, 0.1) is 6.92 Å². The molecule has 0 aliphatic heterocycles. The van der Waals surface area contributed by atoms with Crippen LogP contribution in [0.1, 0.15) is 67.9 Å². The van der Waals surface area contributed by atoms with Crippen LogP contribution in [0.15, 0.2) is 68.0 Å². The fourth-order valence-electron chi connectivity index (χ4n) is 5.07. The molecule has 0 fully saturated rings. The summed E-state index contributed by atoms with van der Waals surface area (Å²) in [6.07, 6.45) is 2.17. The van der Waals surface area contributed by atoms with Gasteiger partial charge in [0.25, 0.3) is 5.56 Å². The quantitative estimate of drug-likeness (QED) is 0.249. The summed E-state index contributed by atoms with van der Waals surface area (Å²) < 4.78 is 6.76. The van der Waals surface area contributed by atoms with Crippen molar-refractivity contribution in [1.82, 2.24) is 9.78 Å². The molecule has 2 heterocycles. The second kappa shape index (κ2) is 8.86. The minimum atomic E-state index is -1.21. The van der Waals surface area contributed by atoms with Crippen molar-refractivity contribution in [2.24, 2.45) is 10.2 Å². The Balaban J connectivity index is 1.50. The van der Waals surface area contributed by atoms with Crippen LogP contribution in [-0.2, 0) is 10.8 Å². The molecular formula is C29H30N4O5. The van der Waals surface area contributed by atoms with Gasteiger partial charge in [0.05, 0.1) is 16.9 Å². The van der Waals surface area contributed by atoms with E-state index in [0.29, 0.717) is 5.69 Å². The standard InChI is InChI=1S/C29H30N4O5/c1-16-24(31-30-21-8-6-7-18(25(21)34)22-11-12-23(38-22)27(36)37)26(35)33(32-16)17-9-10-19-20(15-17)29(4,5)14-13-28(19,2)3/h6-12,15,32,34H,13-14H2,1-5H3,(H,36,37). The van der Waals surface area contributed by atoms with Gasteiger partial charge >= 0.3 is 5.97 Å². The number of carbonyl (C=O) groups is 1. The number of aromatic nitrogens is 2. The molecule has 4 aromatic rings. The van der Waals surface area contributed by atoms with Crippen molar-refractivity contribution in [3.63, 3.8) is 0 Å². The number of nitrogens with one attached hydrogen (secondary N) is 1. The van der Waals surface area contributed by atoms with Crippen molar-refractivity contribution < 1.29 is 19.4 Å². The Bertz CT molecular complexity index is 1650. The third-order valence-corrected chi connectivity index (χ3v) is 7.49. The number of nitrogens with zero attached hydrogens (tertiary/aromatic N) is 3. The number of rotatable bonds is 5. The van der Waals surface area contributed by atoms with Crippen LogP contribution in [0.3, 0.4) is 0 Å². The number of hydrogen-bond donors (Lipinski definition) is 3. The van der Waals surface area contributed by atoms with Gasteiger partial charge in [0.15, 0.2) is 11.4 Å². The molecule has 38 heavy (non-hydrogen) atoms. The minimum absolute atomic E-state index is 0.00356. The third kappa shape index (κ3) is 4.23. The van der Waals surface area contributed by atoms with E-state index in [1.807, 2.05) is 6.07 Å². The van der Waals surface area contributed by atoms with Crippen LogP contribution in [0.2, 0.25) is 0 Å². The maximum atomic E-state index is 13.4. The van der Waals surface area contributed by atoms with Crippen molar-refractivity contribution in [3.8, 4) is 22.8 Å². The Morgan fingerprint density at radius 2 is 1.71 bits per heavy atom. The maximum absolute atomic E-state index is 13.4. The number of aromatic hydroxyl groups is 1. The van der Waals surface area contributed by atoms with Crippen LogP contribution in [-0.4, -0.2) is 26.0 Å². The number of aromatic carboxylic acids is 1. The summed E-state index contributed by atoms with van der Waals surface area (Å²) in [5.74, 6) is -1.52. The number of H-pyrrole nitrogens is 1. The first kappa shape index (κ1) is 25.3. The van der Waals surface area contributed by atoms with Gasteiger partial charge < -0.3 is 14.6 Å². The van der Waals surface area contributed by atoms with E-state index in [1.165, 1.54) is 34.0 Å². The molecule has 0 bridgehead atoms. The molecule has 0 saturated heterocycles. The van der Waals surface area contributed by atoms with E-state index in [9.17, 15) is 14.7 Å². The number of benzene rings is 2. The van der Waals surface area contributed by atoms with E-state index in [-0.39, 0.29) is 50.6 Å². The summed E-state index contributed by atoms with van der Waals surface area (Å²) in [6.45, 7) is 10.7. The first-order chi connectivity index (χ1) is 17.9. The van der Waals surface area contributed by atoms with Gasteiger partial charge in [-0.15, -0.1) is 10.2 Å². The molecule has 0 spiro atoms. The van der Waals surface area contributed by atoms with Gasteiger partial charge in [-0.3, -0.25) is 9.89 Å². The highest BCUT2D eigenvalue weighted by Gasteiger charge is 2.37. The molecule has 196 valence electrons. The van der Waals surface area contributed by atoms with E-state index >= 15 is 0 Å². The molecule has 0 amide bonds. The van der Waals surface area contributed by atoms with Crippen LogP contribution in [0.4, 0.5) is 11.4 Å². The summed E-state index contributed by atoms with van der Waals surface area (Å²) in [6, 6.07) is 13.6. The Kier molecular flexibility index (Phi) is 5.89. The summed E-state index contributed by atoms with van der Waals surface area (Å²) in [4.78, 5) is 24.5. The molecule has 5 rings (SSSR count). The Hall–Kier alpha value is -4.40. The predicted molar refractivity (Wildman–Crippen MR) is 143 cm³/mol. The highest BCUT2D eigenvalue weighted by atomic mass is 16.4. The monoisotopic (exact) mass is 514 g/mol. The van der Waals surface area contributed by atoms with Crippen LogP contribution in [0.25, 0.3) is 17.0 Å². The zero-order valence-corrected chi connectivity index (χ0v) is 22.0. The van der Waals surface area contributed by atoms with Crippen molar-refractivity contribution >= 4 is 17.3 Å². The number of phenolic OH excluding ortho intramolecular Hbond substituents is 1. The summed E-state index contributed by atoms with van der Waals surface area (Å²) in [5.41, 5.74) is 4.00. The minimum Gasteiger partial charge on any atom is -0.505 e. The lowest BCUT2D eigenvalue weighted by molar-refractivity contribution is 0.0663. The van der Waals surface area contributed by atoms with E-state index in [4.69, 9.17) is 9.52 Å². The second-order valence-corrected chi connectivity index (χ2v) is 11.1. The first-order valence-electron chi connectivity index (χ1n) is 12.4. The average molecular weight is 515 g/mol. The Labute approximate surface area is 219 Å². The summed E-state index contributed by atoms with van der Waals surface area (Å²) in [7, 11) is 0. The lowest BCUT2D eigenvalue weighted by Gasteiger charge is -2.42. The molecule has 9 heteroatoms. The van der Waals surface area contributed by atoms with E-state index < -0.39 is 5.97 Å². The fourth-order valence-corrected chi connectivity index (χ4v) is 5.07. The molecule has 1 aliphatic rings. The van der Waals surface area contributed by atoms with Gasteiger partial charge in [0.2, 0.25) is 5.76 Å². The molecule has 1 aliphatic carbocycles. The van der Waals surface area contributed by atoms with Gasteiger partial charge in [-0.2, -0.15) is 0 Å². The van der Waals surface area contributed by atoms with Crippen molar-refractivity contribution in [2.75, 3.05) is 0 Å². The van der Waals surface area contributed by atoms with Gasteiger partial charge in [-0.25, -0.2) is 9.48 Å². The number of carboxylic acid groups (broad SMARTS) is 1. The predicted octanol–water partition coefficient (Wildman–Crippen LogP) is 6.90. The molecule has 0 atom stereocenters. The molecule has 2 aromatic carbocycles. The van der Waals surface area contributed by atoms with Gasteiger partial charge in [0.1, 0.15) is 11.4 Å². The molecule has 3 N–H and O–H groups in total. The molecular weight excluding hydrogens is 484 g/mol. The lowest BCUT2D eigenvalue weighted by Crippen LogP contribution is -2.34. The second-order valence-electron chi connectivity index (χ2n) is 11.1. The first-order valence-corrected chi connectivity index (χ1v) is 12.4. The average Bonchev–Trinajstić information content (AvgIpc) is 3.46. The summed E-state index contributed by atoms with van der Waals surface area (Å²) >= 11 is 0. The Morgan fingerprint density at radius 1 is 1.00 bits per heavy atom. The van der Waals surface area contributed by atoms with Gasteiger partial charge in [-0.1, -0.05) is 39.8 Å². The number of hydrogen-bond acceptors (Lipinski definition) is 6. The number of aryl methyl sites for hydroxylation is 1. The zero-order chi connectivity index (χ0) is 27.4. The number of furan rings is 1. The number of aromatic amines is 1. The fraction of sp³-hybridized carbons (Fsp3) is 0.310. The normalized spacial score (nSPS) is 16.0. The van der Waals surface area contributed by atoms with E-state index in [1.54, 1.807) is 19.1 Å². The van der Waals surface area contributed by atoms with Crippen LogP contribution >= 0.6 is 0 Å². The topological polar surface area (TPSA) is 133 Å². The van der Waals surface area contributed by atoms with Gasteiger partial charge in [-0.05, 0) is 78.1 Å². The van der Waals surface area contributed by atoms with Crippen LogP contribution < -0.4 is 5.56 Å². The highest BCUT2D eigenvalue weighted by molar-refractivity contribution is 5.85. The van der Waals surface area contributed by atoms with Crippen molar-refractivity contribution in [3.05, 3.63) is 81.5 Å².